The molecule has 2 fully saturated rings. The fourth-order valence-corrected chi connectivity index (χ4v) is 2.95. The molecule has 2 aliphatic rings. The Kier molecular flexibility index (Phi) is 5.26. The van der Waals surface area contributed by atoms with Crippen LogP contribution in [0.25, 0.3) is 0 Å². The van der Waals surface area contributed by atoms with E-state index in [9.17, 15) is 0 Å². The molecule has 1 unspecified atom stereocenters. The van der Waals surface area contributed by atoms with Gasteiger partial charge in [0.15, 0.2) is 0 Å². The monoisotopic (exact) mass is 255 g/mol. The molecule has 5 nitrogen and oxygen atoms in total. The maximum Gasteiger partial charge on any atom is 0.142 e. The van der Waals surface area contributed by atoms with Crippen molar-refractivity contribution in [2.24, 2.45) is 16.8 Å². The lowest BCUT2D eigenvalue weighted by Gasteiger charge is -2.31. The molecule has 0 spiro atoms. The van der Waals surface area contributed by atoms with E-state index in [1.807, 2.05) is 0 Å². The molecule has 0 amide bonds. The normalized spacial score (nSPS) is 27.8. The second kappa shape index (κ2) is 6.95. The lowest BCUT2D eigenvalue weighted by Crippen LogP contribution is -2.39. The van der Waals surface area contributed by atoms with E-state index in [1.54, 1.807) is 0 Å². The fourth-order valence-electron chi connectivity index (χ4n) is 2.95. The Morgan fingerprint density at radius 1 is 1.33 bits per heavy atom. The molecular formula is C13H25N3O2. The molecule has 2 aliphatic heterocycles. The van der Waals surface area contributed by atoms with Gasteiger partial charge in [-0.3, -0.25) is 0 Å². The number of ether oxygens (including phenoxy) is 1. The molecule has 0 aromatic heterocycles. The van der Waals surface area contributed by atoms with Gasteiger partial charge in [-0.25, -0.2) is 0 Å². The van der Waals surface area contributed by atoms with Crippen molar-refractivity contribution < 1.29 is 9.94 Å². The SMILES string of the molecule is N/C(=N\O)C1CCN(CCCC2CCCO2)CC1. The minimum absolute atomic E-state index is 0.268. The third-order valence-corrected chi connectivity index (χ3v) is 4.15. The Labute approximate surface area is 109 Å². The third kappa shape index (κ3) is 3.85. The van der Waals surface area contributed by atoms with Crippen molar-refractivity contribution in [2.45, 2.75) is 44.6 Å². The molecule has 0 saturated carbocycles. The zero-order valence-corrected chi connectivity index (χ0v) is 11.1. The number of nitrogens with two attached hydrogens (primary N) is 1. The highest BCUT2D eigenvalue weighted by atomic mass is 16.5. The first kappa shape index (κ1) is 13.6. The number of amidine groups is 1. The number of rotatable bonds is 5. The first-order chi connectivity index (χ1) is 8.79. The maximum absolute atomic E-state index is 8.65. The molecule has 0 aromatic carbocycles. The third-order valence-electron chi connectivity index (χ3n) is 4.15. The lowest BCUT2D eigenvalue weighted by molar-refractivity contribution is 0.0969. The first-order valence-electron chi connectivity index (χ1n) is 7.11. The Hall–Kier alpha value is -0.810. The van der Waals surface area contributed by atoms with E-state index < -0.39 is 0 Å². The molecule has 104 valence electrons. The minimum atomic E-state index is 0.268. The van der Waals surface area contributed by atoms with Crippen molar-refractivity contribution in [3.05, 3.63) is 0 Å². The van der Waals surface area contributed by atoms with Crippen LogP contribution in [0.5, 0.6) is 0 Å². The molecule has 1 atom stereocenters. The van der Waals surface area contributed by atoms with Gasteiger partial charge in [-0.15, -0.1) is 0 Å². The van der Waals surface area contributed by atoms with Crippen molar-refractivity contribution in [3.63, 3.8) is 0 Å². The second-order valence-electron chi connectivity index (χ2n) is 5.42. The highest BCUT2D eigenvalue weighted by molar-refractivity contribution is 5.82. The predicted octanol–water partition coefficient (Wildman–Crippen LogP) is 1.40. The number of hydrogen-bond acceptors (Lipinski definition) is 4. The molecule has 5 heteroatoms. The zero-order chi connectivity index (χ0) is 12.8. The summed E-state index contributed by atoms with van der Waals surface area (Å²) < 4.78 is 5.63. The highest BCUT2D eigenvalue weighted by Crippen LogP contribution is 2.20. The summed E-state index contributed by atoms with van der Waals surface area (Å²) in [6.45, 7) is 4.23. The Morgan fingerprint density at radius 3 is 2.72 bits per heavy atom. The van der Waals surface area contributed by atoms with Crippen LogP contribution in [0.1, 0.15) is 38.5 Å². The van der Waals surface area contributed by atoms with Gasteiger partial charge in [-0.05, 0) is 58.2 Å². The molecule has 0 aromatic rings. The van der Waals surface area contributed by atoms with Gasteiger partial charge in [0.1, 0.15) is 5.84 Å². The Bertz CT molecular complexity index is 269. The van der Waals surface area contributed by atoms with Crippen molar-refractivity contribution in [3.8, 4) is 0 Å². The molecule has 3 N–H and O–H groups in total. The minimum Gasteiger partial charge on any atom is -0.409 e. The van der Waals surface area contributed by atoms with Crippen LogP contribution in [-0.2, 0) is 4.74 Å². The largest absolute Gasteiger partial charge is 0.409 e. The second-order valence-corrected chi connectivity index (χ2v) is 5.42. The lowest BCUT2D eigenvalue weighted by atomic mass is 9.95. The number of likely N-dealkylation sites (tertiary alicyclic amines) is 1. The van der Waals surface area contributed by atoms with Crippen LogP contribution in [-0.4, -0.2) is 48.3 Å². The molecule has 0 radical (unpaired) electrons. The fraction of sp³-hybridized carbons (Fsp3) is 0.923. The number of piperidine rings is 1. The Morgan fingerprint density at radius 2 is 2.11 bits per heavy atom. The van der Waals surface area contributed by atoms with Crippen LogP contribution in [0, 0.1) is 5.92 Å². The highest BCUT2D eigenvalue weighted by Gasteiger charge is 2.22. The smallest absolute Gasteiger partial charge is 0.142 e. The molecule has 0 aliphatic carbocycles. The number of oxime groups is 1. The van der Waals surface area contributed by atoms with Crippen LogP contribution in [0.15, 0.2) is 5.16 Å². The summed E-state index contributed by atoms with van der Waals surface area (Å²) in [5.41, 5.74) is 5.64. The number of hydrogen-bond donors (Lipinski definition) is 2. The summed E-state index contributed by atoms with van der Waals surface area (Å²) in [5, 5.41) is 11.8. The summed E-state index contributed by atoms with van der Waals surface area (Å²) >= 11 is 0. The molecule has 2 rings (SSSR count). The first-order valence-corrected chi connectivity index (χ1v) is 7.11. The van der Waals surface area contributed by atoms with Crippen molar-refractivity contribution in [1.82, 2.24) is 4.90 Å². The quantitative estimate of drug-likeness (QED) is 0.337. The topological polar surface area (TPSA) is 71.1 Å². The van der Waals surface area contributed by atoms with Gasteiger partial charge in [0, 0.05) is 12.5 Å². The molecule has 0 bridgehead atoms. The van der Waals surface area contributed by atoms with Gasteiger partial charge in [-0.2, -0.15) is 0 Å². The van der Waals surface area contributed by atoms with Gasteiger partial charge in [-0.1, -0.05) is 5.16 Å². The number of nitrogens with zero attached hydrogens (tertiary/aromatic N) is 2. The van der Waals surface area contributed by atoms with Gasteiger partial charge in [0.2, 0.25) is 0 Å². The molecule has 2 saturated heterocycles. The van der Waals surface area contributed by atoms with Crippen molar-refractivity contribution >= 4 is 5.84 Å². The van der Waals surface area contributed by atoms with E-state index in [4.69, 9.17) is 15.7 Å². The molecule has 2 heterocycles. The van der Waals surface area contributed by atoms with E-state index in [1.165, 1.54) is 25.7 Å². The molecule has 18 heavy (non-hydrogen) atoms. The van der Waals surface area contributed by atoms with E-state index >= 15 is 0 Å². The summed E-state index contributed by atoms with van der Waals surface area (Å²) in [6.07, 6.45) is 7.42. The van der Waals surface area contributed by atoms with E-state index in [0.717, 1.165) is 39.1 Å². The van der Waals surface area contributed by atoms with Crippen molar-refractivity contribution in [1.29, 1.82) is 0 Å². The zero-order valence-electron chi connectivity index (χ0n) is 11.1. The maximum atomic E-state index is 8.65. The average Bonchev–Trinajstić information content (AvgIpc) is 2.92. The molecular weight excluding hydrogens is 230 g/mol. The van der Waals surface area contributed by atoms with E-state index in [0.29, 0.717) is 11.9 Å². The van der Waals surface area contributed by atoms with Crippen LogP contribution in [0.3, 0.4) is 0 Å². The van der Waals surface area contributed by atoms with Gasteiger partial charge in [0.05, 0.1) is 6.10 Å². The van der Waals surface area contributed by atoms with Gasteiger partial charge in [0.25, 0.3) is 0 Å². The summed E-state index contributed by atoms with van der Waals surface area (Å²) in [4.78, 5) is 2.48. The summed E-state index contributed by atoms with van der Waals surface area (Å²) in [5.74, 6) is 0.665. The average molecular weight is 255 g/mol. The summed E-state index contributed by atoms with van der Waals surface area (Å²) in [7, 11) is 0. The van der Waals surface area contributed by atoms with E-state index in [-0.39, 0.29) is 5.92 Å². The Balaban J connectivity index is 1.58. The predicted molar refractivity (Wildman–Crippen MR) is 70.8 cm³/mol. The van der Waals surface area contributed by atoms with Gasteiger partial charge >= 0.3 is 0 Å². The van der Waals surface area contributed by atoms with Crippen LogP contribution >= 0.6 is 0 Å². The van der Waals surface area contributed by atoms with Crippen LogP contribution < -0.4 is 5.73 Å². The van der Waals surface area contributed by atoms with Crippen molar-refractivity contribution in [2.75, 3.05) is 26.2 Å². The van der Waals surface area contributed by atoms with E-state index in [2.05, 4.69) is 10.1 Å². The van der Waals surface area contributed by atoms with Crippen LogP contribution in [0.2, 0.25) is 0 Å². The van der Waals surface area contributed by atoms with Gasteiger partial charge < -0.3 is 20.6 Å². The van der Waals surface area contributed by atoms with Crippen LogP contribution in [0.4, 0.5) is 0 Å². The standard InChI is InChI=1S/C13H25N3O2/c14-13(15-17)11-5-8-16(9-6-11)7-1-3-12-4-2-10-18-12/h11-12,17H,1-10H2,(H2,14,15). The summed E-state index contributed by atoms with van der Waals surface area (Å²) in [6, 6.07) is 0.